The molecule has 0 unspecified atom stereocenters. The van der Waals surface area contributed by atoms with Gasteiger partial charge in [-0.1, -0.05) is 30.7 Å². The number of Topliss-reactive ketones (excluding diaryl/α,β-unsaturated/α-hetero) is 1. The van der Waals surface area contributed by atoms with Gasteiger partial charge in [-0.25, -0.2) is 9.97 Å². The van der Waals surface area contributed by atoms with Crippen molar-refractivity contribution in [3.8, 4) is 0 Å². The van der Waals surface area contributed by atoms with Crippen molar-refractivity contribution >= 4 is 23.1 Å². The van der Waals surface area contributed by atoms with Gasteiger partial charge >= 0.3 is 6.18 Å². The minimum Gasteiger partial charge on any atom is -0.380 e. The Morgan fingerprint density at radius 3 is 2.39 bits per heavy atom. The molecular formula is C28H29F3N4O3. The molecule has 200 valence electrons. The predicted molar refractivity (Wildman–Crippen MR) is 136 cm³/mol. The Bertz CT molecular complexity index is 1290. The normalized spacial score (nSPS) is 17.3. The van der Waals surface area contributed by atoms with Gasteiger partial charge in [0.25, 0.3) is 0 Å². The highest BCUT2D eigenvalue weighted by molar-refractivity contribution is 5.99. The van der Waals surface area contributed by atoms with E-state index in [9.17, 15) is 22.8 Å². The molecular weight excluding hydrogens is 497 g/mol. The number of carbonyl (C=O) groups excluding carboxylic acids is 2. The second-order valence-electron chi connectivity index (χ2n) is 9.48. The van der Waals surface area contributed by atoms with Crippen LogP contribution in [0.1, 0.15) is 52.6 Å². The molecule has 2 aromatic carbocycles. The van der Waals surface area contributed by atoms with Crippen molar-refractivity contribution in [2.45, 2.75) is 45.8 Å². The van der Waals surface area contributed by atoms with Gasteiger partial charge in [-0.3, -0.25) is 9.59 Å². The number of ketones is 1. The largest absolute Gasteiger partial charge is 0.418 e. The first kappa shape index (κ1) is 27.3. The molecule has 1 aliphatic rings. The minimum atomic E-state index is -4.48. The number of hydrogen-bond acceptors (Lipinski definition) is 6. The number of hydrogen-bond donors (Lipinski definition) is 2. The maximum Gasteiger partial charge on any atom is 0.418 e. The Labute approximate surface area is 218 Å². The first-order valence-corrected chi connectivity index (χ1v) is 12.3. The lowest BCUT2D eigenvalue weighted by atomic mass is 9.80. The predicted octanol–water partition coefficient (Wildman–Crippen LogP) is 5.41. The number of rotatable bonds is 9. The Hall–Kier alpha value is -3.79. The van der Waals surface area contributed by atoms with Gasteiger partial charge in [-0.2, -0.15) is 13.2 Å². The molecule has 2 heterocycles. The lowest BCUT2D eigenvalue weighted by molar-refractivity contribution is -0.137. The summed E-state index contributed by atoms with van der Waals surface area (Å²) >= 11 is 0. The molecule has 4 rings (SSSR count). The molecule has 0 spiro atoms. The molecule has 1 amide bonds. The number of carbonyl (C=O) groups is 2. The molecule has 1 atom stereocenters. The van der Waals surface area contributed by atoms with E-state index >= 15 is 0 Å². The van der Waals surface area contributed by atoms with Crippen LogP contribution in [-0.4, -0.2) is 34.9 Å². The van der Waals surface area contributed by atoms with E-state index in [0.717, 1.165) is 11.6 Å². The number of aromatic nitrogens is 2. The summed E-state index contributed by atoms with van der Waals surface area (Å²) in [6.07, 6.45) is -0.453. The monoisotopic (exact) mass is 526 g/mol. The van der Waals surface area contributed by atoms with Gasteiger partial charge in [0.15, 0.2) is 5.78 Å². The molecule has 1 fully saturated rings. The van der Waals surface area contributed by atoms with Gasteiger partial charge < -0.3 is 15.4 Å². The van der Waals surface area contributed by atoms with Crippen LogP contribution in [0.3, 0.4) is 0 Å². The van der Waals surface area contributed by atoms with Crippen LogP contribution in [0.15, 0.2) is 54.9 Å². The van der Waals surface area contributed by atoms with Crippen molar-refractivity contribution in [3.63, 3.8) is 0 Å². The number of ether oxygens (including phenoxy) is 1. The molecule has 2 N–H and O–H groups in total. The van der Waals surface area contributed by atoms with E-state index in [-0.39, 0.29) is 37.0 Å². The lowest BCUT2D eigenvalue weighted by Gasteiger charge is -2.25. The van der Waals surface area contributed by atoms with Gasteiger partial charge in [-0.05, 0) is 43.2 Å². The third-order valence-electron chi connectivity index (χ3n) is 6.59. The van der Waals surface area contributed by atoms with E-state index in [0.29, 0.717) is 42.1 Å². The highest BCUT2D eigenvalue weighted by Gasteiger charge is 2.44. The molecule has 3 aromatic rings. The topological polar surface area (TPSA) is 93.2 Å². The summed E-state index contributed by atoms with van der Waals surface area (Å²) in [6.45, 7) is 4.24. The number of benzene rings is 2. The standard InChI is InChI=1S/C28H29F3N4O3/c1-3-25-32-15-20(16-33-25)24(36)13-27(10-11-38-17-27)26(37)34-14-19-5-7-21(8-6-19)35-23-9-4-18(2)12-22(23)28(29,30)31/h4-9,12,15-16,35H,3,10-11,13-14,17H2,1-2H3,(H,34,37)/t27-/m0/s1. The van der Waals surface area contributed by atoms with E-state index in [1.807, 2.05) is 6.92 Å². The molecule has 0 radical (unpaired) electrons. The SMILES string of the molecule is CCc1ncc(C(=O)C[C@@]2(C(=O)NCc3ccc(Nc4ccc(C)cc4C(F)(F)F)cc3)CCOC2)cn1. The number of anilines is 2. The summed E-state index contributed by atoms with van der Waals surface area (Å²) in [7, 11) is 0. The highest BCUT2D eigenvalue weighted by Crippen LogP contribution is 2.37. The fourth-order valence-electron chi connectivity index (χ4n) is 4.33. The van der Waals surface area contributed by atoms with Crippen LogP contribution in [0.4, 0.5) is 24.5 Å². The molecule has 0 saturated carbocycles. The van der Waals surface area contributed by atoms with Crippen LogP contribution in [-0.2, 0) is 28.7 Å². The van der Waals surface area contributed by atoms with Gasteiger partial charge in [0, 0.05) is 44.1 Å². The van der Waals surface area contributed by atoms with Crippen LogP contribution in [0, 0.1) is 12.3 Å². The number of aryl methyl sites for hydroxylation is 2. The first-order chi connectivity index (χ1) is 18.1. The van der Waals surface area contributed by atoms with Crippen molar-refractivity contribution in [1.29, 1.82) is 0 Å². The van der Waals surface area contributed by atoms with Crippen molar-refractivity contribution < 1.29 is 27.5 Å². The Kier molecular flexibility index (Phi) is 8.11. The lowest BCUT2D eigenvalue weighted by Crippen LogP contribution is -2.42. The first-order valence-electron chi connectivity index (χ1n) is 12.3. The summed E-state index contributed by atoms with van der Waals surface area (Å²) in [5, 5.41) is 5.71. The van der Waals surface area contributed by atoms with Crippen LogP contribution in [0.5, 0.6) is 0 Å². The Morgan fingerprint density at radius 2 is 1.79 bits per heavy atom. The van der Waals surface area contributed by atoms with Crippen molar-refractivity contribution in [2.24, 2.45) is 5.41 Å². The molecule has 7 nitrogen and oxygen atoms in total. The van der Waals surface area contributed by atoms with E-state index < -0.39 is 17.2 Å². The molecule has 1 aromatic heterocycles. The molecule has 10 heteroatoms. The van der Waals surface area contributed by atoms with E-state index in [4.69, 9.17) is 4.74 Å². The number of nitrogens with one attached hydrogen (secondary N) is 2. The van der Waals surface area contributed by atoms with E-state index in [1.165, 1.54) is 18.5 Å². The summed E-state index contributed by atoms with van der Waals surface area (Å²) < 4.78 is 45.7. The number of alkyl halides is 3. The summed E-state index contributed by atoms with van der Waals surface area (Å²) in [5.74, 6) is 0.128. The maximum absolute atomic E-state index is 13.4. The second-order valence-corrected chi connectivity index (χ2v) is 9.48. The fraction of sp³-hybridized carbons (Fsp3) is 0.357. The van der Waals surface area contributed by atoms with E-state index in [2.05, 4.69) is 20.6 Å². The average molecular weight is 527 g/mol. The Balaban J connectivity index is 1.39. The smallest absolute Gasteiger partial charge is 0.380 e. The van der Waals surface area contributed by atoms with Gasteiger partial charge in [0.1, 0.15) is 5.82 Å². The van der Waals surface area contributed by atoms with Crippen molar-refractivity contribution in [3.05, 3.63) is 82.9 Å². The highest BCUT2D eigenvalue weighted by atomic mass is 19.4. The molecule has 1 aliphatic heterocycles. The third kappa shape index (κ3) is 6.36. The van der Waals surface area contributed by atoms with E-state index in [1.54, 1.807) is 37.3 Å². The summed E-state index contributed by atoms with van der Waals surface area (Å²) in [6, 6.07) is 10.9. The number of halogens is 3. The zero-order valence-corrected chi connectivity index (χ0v) is 21.2. The fourth-order valence-corrected chi connectivity index (χ4v) is 4.33. The van der Waals surface area contributed by atoms with Crippen LogP contribution >= 0.6 is 0 Å². The summed E-state index contributed by atoms with van der Waals surface area (Å²) in [5.41, 5.74) is 0.355. The van der Waals surface area contributed by atoms with Gasteiger partial charge in [0.05, 0.1) is 28.8 Å². The molecule has 0 bridgehead atoms. The molecule has 1 saturated heterocycles. The van der Waals surface area contributed by atoms with Crippen LogP contribution < -0.4 is 10.6 Å². The van der Waals surface area contributed by atoms with Gasteiger partial charge in [0.2, 0.25) is 5.91 Å². The Morgan fingerprint density at radius 1 is 1.08 bits per heavy atom. The quantitative estimate of drug-likeness (QED) is 0.363. The van der Waals surface area contributed by atoms with Crippen LogP contribution in [0.2, 0.25) is 0 Å². The average Bonchev–Trinajstić information content (AvgIpc) is 3.38. The van der Waals surface area contributed by atoms with Crippen LogP contribution in [0.25, 0.3) is 0 Å². The van der Waals surface area contributed by atoms with Crippen molar-refractivity contribution in [2.75, 3.05) is 18.5 Å². The van der Waals surface area contributed by atoms with Gasteiger partial charge in [-0.15, -0.1) is 0 Å². The zero-order chi connectivity index (χ0) is 27.3. The second kappa shape index (κ2) is 11.3. The molecule has 38 heavy (non-hydrogen) atoms. The minimum absolute atomic E-state index is 0.0192. The number of nitrogens with zero attached hydrogens (tertiary/aromatic N) is 2. The van der Waals surface area contributed by atoms with Crippen molar-refractivity contribution in [1.82, 2.24) is 15.3 Å². The zero-order valence-electron chi connectivity index (χ0n) is 21.2. The molecule has 0 aliphatic carbocycles. The third-order valence-corrected chi connectivity index (χ3v) is 6.59. The number of amides is 1. The maximum atomic E-state index is 13.4. The summed E-state index contributed by atoms with van der Waals surface area (Å²) in [4.78, 5) is 34.4.